The van der Waals surface area contributed by atoms with Gasteiger partial charge in [0.25, 0.3) is 11.7 Å². The summed E-state index contributed by atoms with van der Waals surface area (Å²) in [5.41, 5.74) is 3.72. The van der Waals surface area contributed by atoms with Crippen molar-refractivity contribution in [2.75, 3.05) is 0 Å². The molecule has 0 aliphatic carbocycles. The monoisotopic (exact) mass is 508 g/mol. The number of benzene rings is 3. The molecule has 4 aromatic rings. The summed E-state index contributed by atoms with van der Waals surface area (Å²) in [4.78, 5) is 31.8. The number of ether oxygens (including phenoxy) is 1. The third-order valence-electron chi connectivity index (χ3n) is 6.58. The summed E-state index contributed by atoms with van der Waals surface area (Å²) in [6.07, 6.45) is 3.22. The van der Waals surface area contributed by atoms with E-state index < -0.39 is 23.5 Å². The van der Waals surface area contributed by atoms with Crippen LogP contribution in [-0.4, -0.2) is 26.7 Å². The van der Waals surface area contributed by atoms with Crippen LogP contribution in [0.1, 0.15) is 33.9 Å². The van der Waals surface area contributed by atoms with Crippen molar-refractivity contribution in [3.8, 4) is 5.75 Å². The molecule has 190 valence electrons. The maximum Gasteiger partial charge on any atom is 0.295 e. The number of hydrogen-bond donors (Lipinski definition) is 1. The normalized spacial score (nSPS) is 16.6. The van der Waals surface area contributed by atoms with E-state index in [2.05, 4.69) is 4.98 Å². The van der Waals surface area contributed by atoms with Gasteiger partial charge in [0, 0.05) is 24.5 Å². The van der Waals surface area contributed by atoms with Gasteiger partial charge in [0.05, 0.1) is 11.6 Å². The third-order valence-corrected chi connectivity index (χ3v) is 6.58. The Bertz CT molecular complexity index is 1500. The summed E-state index contributed by atoms with van der Waals surface area (Å²) < 4.78 is 19.6. The predicted octanol–water partition coefficient (Wildman–Crippen LogP) is 5.73. The van der Waals surface area contributed by atoms with Crippen LogP contribution in [0.15, 0.2) is 103 Å². The number of aliphatic hydroxyl groups is 1. The first-order valence-electron chi connectivity index (χ1n) is 12.1. The highest BCUT2D eigenvalue weighted by atomic mass is 19.1. The van der Waals surface area contributed by atoms with E-state index in [4.69, 9.17) is 4.74 Å². The molecule has 1 aliphatic heterocycles. The zero-order chi connectivity index (χ0) is 26.6. The summed E-state index contributed by atoms with van der Waals surface area (Å²) in [6.45, 7) is 2.51. The number of aliphatic hydroxyl groups excluding tert-OH is 1. The Labute approximate surface area is 219 Å². The summed E-state index contributed by atoms with van der Waals surface area (Å²) in [7, 11) is 0. The number of halogens is 1. The van der Waals surface area contributed by atoms with Crippen molar-refractivity contribution < 1.29 is 23.8 Å². The molecular weight excluding hydrogens is 483 g/mol. The van der Waals surface area contributed by atoms with Crippen LogP contribution in [0.3, 0.4) is 0 Å². The zero-order valence-corrected chi connectivity index (χ0v) is 20.7. The number of amides is 1. The highest BCUT2D eigenvalue weighted by molar-refractivity contribution is 6.46. The number of rotatable bonds is 7. The number of aromatic nitrogens is 1. The van der Waals surface area contributed by atoms with E-state index in [0.29, 0.717) is 23.5 Å². The second-order valence-corrected chi connectivity index (χ2v) is 9.08. The number of ketones is 1. The Kier molecular flexibility index (Phi) is 7.00. The molecule has 0 saturated carbocycles. The van der Waals surface area contributed by atoms with Crippen LogP contribution in [0.25, 0.3) is 5.76 Å². The summed E-state index contributed by atoms with van der Waals surface area (Å²) in [5, 5.41) is 11.3. The molecule has 7 heteroatoms. The van der Waals surface area contributed by atoms with Crippen LogP contribution in [-0.2, 0) is 22.7 Å². The van der Waals surface area contributed by atoms with Gasteiger partial charge in [0.1, 0.15) is 23.9 Å². The van der Waals surface area contributed by atoms with Gasteiger partial charge in [-0.3, -0.25) is 14.6 Å². The molecule has 1 N–H and O–H groups in total. The second-order valence-electron chi connectivity index (χ2n) is 9.08. The summed E-state index contributed by atoms with van der Waals surface area (Å²) in [5.74, 6) is -1.71. The smallest absolute Gasteiger partial charge is 0.295 e. The first-order valence-corrected chi connectivity index (χ1v) is 12.1. The average Bonchev–Trinajstić information content (AvgIpc) is 3.18. The van der Waals surface area contributed by atoms with Crippen molar-refractivity contribution in [1.82, 2.24) is 9.88 Å². The Hall–Kier alpha value is -4.78. The van der Waals surface area contributed by atoms with Gasteiger partial charge in [-0.15, -0.1) is 0 Å². The van der Waals surface area contributed by atoms with E-state index in [9.17, 15) is 19.1 Å². The second kappa shape index (κ2) is 10.7. The fourth-order valence-corrected chi connectivity index (χ4v) is 4.52. The van der Waals surface area contributed by atoms with Crippen LogP contribution >= 0.6 is 0 Å². The molecule has 2 heterocycles. The Morgan fingerprint density at radius 2 is 1.71 bits per heavy atom. The van der Waals surface area contributed by atoms with Crippen molar-refractivity contribution in [3.05, 3.63) is 137 Å². The topological polar surface area (TPSA) is 79.7 Å². The Morgan fingerprint density at radius 3 is 2.39 bits per heavy atom. The molecule has 1 atom stereocenters. The van der Waals surface area contributed by atoms with Gasteiger partial charge in [-0.2, -0.15) is 0 Å². The third kappa shape index (κ3) is 5.04. The maximum absolute atomic E-state index is 13.7. The molecule has 3 aromatic carbocycles. The van der Waals surface area contributed by atoms with Gasteiger partial charge in [-0.05, 0) is 71.6 Å². The number of nitrogens with zero attached hydrogens (tertiary/aromatic N) is 2. The van der Waals surface area contributed by atoms with Crippen LogP contribution in [0, 0.1) is 12.7 Å². The lowest BCUT2D eigenvalue weighted by Crippen LogP contribution is -2.29. The summed E-state index contributed by atoms with van der Waals surface area (Å²) in [6, 6.07) is 22.8. The zero-order valence-electron chi connectivity index (χ0n) is 20.7. The molecule has 1 fully saturated rings. The first kappa shape index (κ1) is 24.9. The van der Waals surface area contributed by atoms with Crippen LogP contribution < -0.4 is 4.74 Å². The van der Waals surface area contributed by atoms with E-state index in [-0.39, 0.29) is 17.9 Å². The Morgan fingerprint density at radius 1 is 0.974 bits per heavy atom. The van der Waals surface area contributed by atoms with Crippen molar-refractivity contribution in [3.63, 3.8) is 0 Å². The van der Waals surface area contributed by atoms with Gasteiger partial charge in [-0.1, -0.05) is 42.5 Å². The lowest BCUT2D eigenvalue weighted by molar-refractivity contribution is -0.140. The van der Waals surface area contributed by atoms with Crippen LogP contribution in [0.2, 0.25) is 0 Å². The highest BCUT2D eigenvalue weighted by Crippen LogP contribution is 2.40. The minimum atomic E-state index is -0.896. The number of Topliss-reactive ketones (excluding diaryl/α,β-unsaturated/α-hetero) is 1. The molecule has 6 nitrogen and oxygen atoms in total. The van der Waals surface area contributed by atoms with Gasteiger partial charge in [-0.25, -0.2) is 4.39 Å². The van der Waals surface area contributed by atoms with E-state index in [1.165, 1.54) is 29.2 Å². The van der Waals surface area contributed by atoms with E-state index in [0.717, 1.165) is 16.7 Å². The van der Waals surface area contributed by atoms with Gasteiger partial charge >= 0.3 is 0 Å². The SMILES string of the molecule is Cc1ccccc1COc1ccc(/C(O)=C2\C(=O)C(=O)N(Cc3cccnc3)C2c2ccc(F)cc2)cc1. The fourth-order valence-electron chi connectivity index (χ4n) is 4.52. The van der Waals surface area contributed by atoms with Crippen LogP contribution in [0.5, 0.6) is 5.75 Å². The molecule has 0 radical (unpaired) electrons. The van der Waals surface area contributed by atoms with Gasteiger partial charge in [0.2, 0.25) is 0 Å². The van der Waals surface area contributed by atoms with Gasteiger partial charge < -0.3 is 14.7 Å². The number of aryl methyl sites for hydroxylation is 1. The van der Waals surface area contributed by atoms with Crippen molar-refractivity contribution in [1.29, 1.82) is 0 Å². The van der Waals surface area contributed by atoms with Gasteiger partial charge in [0.15, 0.2) is 0 Å². The van der Waals surface area contributed by atoms with Crippen molar-refractivity contribution in [2.24, 2.45) is 0 Å². The first-order chi connectivity index (χ1) is 18.4. The molecule has 0 bridgehead atoms. The highest BCUT2D eigenvalue weighted by Gasteiger charge is 2.46. The standard InChI is InChI=1S/C31H25FN2O4/c1-20-5-2-3-7-24(20)19-38-26-14-10-23(11-15-26)29(35)27-28(22-8-12-25(32)13-9-22)34(31(37)30(27)36)18-21-6-4-16-33-17-21/h2-17,28,35H,18-19H2,1H3/b29-27+. The number of likely N-dealkylation sites (tertiary alicyclic amines) is 1. The minimum absolute atomic E-state index is 0.0564. The number of hydrogen-bond acceptors (Lipinski definition) is 5. The molecule has 0 spiro atoms. The predicted molar refractivity (Wildman–Crippen MR) is 140 cm³/mol. The molecule has 5 rings (SSSR count). The maximum atomic E-state index is 13.7. The lowest BCUT2D eigenvalue weighted by atomic mass is 9.95. The molecule has 1 saturated heterocycles. The lowest BCUT2D eigenvalue weighted by Gasteiger charge is -2.25. The summed E-state index contributed by atoms with van der Waals surface area (Å²) >= 11 is 0. The molecule has 1 unspecified atom stereocenters. The van der Waals surface area contributed by atoms with Crippen LogP contribution in [0.4, 0.5) is 4.39 Å². The quantitative estimate of drug-likeness (QED) is 0.196. The molecule has 1 aromatic heterocycles. The fraction of sp³-hybridized carbons (Fsp3) is 0.129. The van der Waals surface area contributed by atoms with Crippen molar-refractivity contribution >= 4 is 17.4 Å². The van der Waals surface area contributed by atoms with E-state index in [1.54, 1.807) is 48.8 Å². The molecular formula is C31H25FN2O4. The van der Waals surface area contributed by atoms with Crippen molar-refractivity contribution in [2.45, 2.75) is 26.1 Å². The minimum Gasteiger partial charge on any atom is -0.507 e. The van der Waals surface area contributed by atoms with E-state index >= 15 is 0 Å². The average molecular weight is 509 g/mol. The Balaban J connectivity index is 1.47. The largest absolute Gasteiger partial charge is 0.507 e. The molecule has 1 amide bonds. The molecule has 1 aliphatic rings. The van der Waals surface area contributed by atoms with E-state index in [1.807, 2.05) is 31.2 Å². The number of carbonyl (C=O) groups is 2. The number of pyridine rings is 1. The number of carbonyl (C=O) groups excluding carboxylic acids is 2. The molecule has 38 heavy (non-hydrogen) atoms.